The third-order valence-electron chi connectivity index (χ3n) is 4.24. The van der Waals surface area contributed by atoms with Crippen LogP contribution >= 0.6 is 11.3 Å². The molecule has 1 amide bonds. The van der Waals surface area contributed by atoms with Gasteiger partial charge in [0.05, 0.1) is 18.9 Å². The van der Waals surface area contributed by atoms with Crippen molar-refractivity contribution in [3.63, 3.8) is 0 Å². The molecule has 0 spiro atoms. The van der Waals surface area contributed by atoms with Crippen molar-refractivity contribution in [2.24, 2.45) is 0 Å². The van der Waals surface area contributed by atoms with E-state index >= 15 is 0 Å². The van der Waals surface area contributed by atoms with E-state index in [0.717, 1.165) is 42.7 Å². The van der Waals surface area contributed by atoms with Crippen molar-refractivity contribution < 1.29 is 18.3 Å². The summed E-state index contributed by atoms with van der Waals surface area (Å²) in [6.45, 7) is 2.95. The minimum Gasteiger partial charge on any atom is -0.378 e. The van der Waals surface area contributed by atoms with E-state index in [9.17, 15) is 13.6 Å². The summed E-state index contributed by atoms with van der Waals surface area (Å²) in [7, 11) is 0. The number of halogens is 2. The van der Waals surface area contributed by atoms with Gasteiger partial charge in [-0.05, 0) is 24.3 Å². The molecule has 0 unspecified atom stereocenters. The summed E-state index contributed by atoms with van der Waals surface area (Å²) in [4.78, 5) is 23.2. The third-order valence-corrected chi connectivity index (χ3v) is 5.13. The number of ether oxygens (including phenoxy) is 1. The van der Waals surface area contributed by atoms with Gasteiger partial charge < -0.3 is 15.0 Å². The van der Waals surface area contributed by atoms with Gasteiger partial charge in [0.2, 0.25) is 0 Å². The molecule has 1 aliphatic heterocycles. The zero-order valence-electron chi connectivity index (χ0n) is 14.7. The molecule has 1 aliphatic rings. The van der Waals surface area contributed by atoms with Gasteiger partial charge in [-0.15, -0.1) is 11.3 Å². The maximum atomic E-state index is 13.7. The van der Waals surface area contributed by atoms with Crippen LogP contribution in [0, 0.1) is 11.6 Å². The van der Waals surface area contributed by atoms with E-state index in [1.54, 1.807) is 11.6 Å². The molecule has 9 heteroatoms. The van der Waals surface area contributed by atoms with Gasteiger partial charge in [0, 0.05) is 36.3 Å². The van der Waals surface area contributed by atoms with Crippen molar-refractivity contribution in [3.8, 4) is 10.6 Å². The molecule has 3 aromatic rings. The molecule has 3 heterocycles. The Balaban J connectivity index is 1.47. The average Bonchev–Trinajstić information content (AvgIpc) is 3.22. The van der Waals surface area contributed by atoms with E-state index in [1.807, 2.05) is 12.1 Å². The Bertz CT molecular complexity index is 988. The summed E-state index contributed by atoms with van der Waals surface area (Å²) in [5, 5.41) is 4.52. The maximum absolute atomic E-state index is 13.7. The lowest BCUT2D eigenvalue weighted by atomic mass is 10.2. The van der Waals surface area contributed by atoms with Crippen LogP contribution in [0.5, 0.6) is 0 Å². The summed E-state index contributed by atoms with van der Waals surface area (Å²) in [5.41, 5.74) is 0.676. The van der Waals surface area contributed by atoms with Gasteiger partial charge in [-0.3, -0.25) is 4.79 Å². The van der Waals surface area contributed by atoms with E-state index in [2.05, 4.69) is 20.2 Å². The molecule has 28 heavy (non-hydrogen) atoms. The summed E-state index contributed by atoms with van der Waals surface area (Å²) in [5.74, 6) is -1.09. The number of amides is 1. The number of rotatable bonds is 4. The van der Waals surface area contributed by atoms with E-state index in [0.29, 0.717) is 18.2 Å². The number of nitrogens with zero attached hydrogens (tertiary/aromatic N) is 3. The molecule has 0 bridgehead atoms. The fraction of sp³-hybridized carbons (Fsp3) is 0.211. The lowest BCUT2D eigenvalue weighted by Gasteiger charge is -2.27. The number of carbonyl (C=O) groups excluding carboxylic acids is 1. The molecule has 0 aliphatic carbocycles. The average molecular weight is 402 g/mol. The van der Waals surface area contributed by atoms with Crippen molar-refractivity contribution in [3.05, 3.63) is 59.2 Å². The topological polar surface area (TPSA) is 67.4 Å². The van der Waals surface area contributed by atoms with E-state index in [1.165, 1.54) is 11.3 Å². The monoisotopic (exact) mass is 402 g/mol. The van der Waals surface area contributed by atoms with E-state index < -0.39 is 17.5 Å². The smallest absolute Gasteiger partial charge is 0.275 e. The number of anilines is 2. The second-order valence-corrected chi connectivity index (χ2v) is 6.98. The number of morpholine rings is 1. The second kappa shape index (κ2) is 7.99. The van der Waals surface area contributed by atoms with Crippen LogP contribution in [0.4, 0.5) is 20.3 Å². The predicted molar refractivity (Wildman–Crippen MR) is 103 cm³/mol. The van der Waals surface area contributed by atoms with Gasteiger partial charge in [-0.2, -0.15) is 0 Å². The van der Waals surface area contributed by atoms with Crippen LogP contribution in [-0.2, 0) is 4.74 Å². The van der Waals surface area contributed by atoms with Crippen molar-refractivity contribution in [1.82, 2.24) is 9.97 Å². The minimum absolute atomic E-state index is 0.126. The number of pyridine rings is 1. The van der Waals surface area contributed by atoms with Crippen LogP contribution in [0.2, 0.25) is 0 Å². The molecule has 1 saturated heterocycles. The minimum atomic E-state index is -0.715. The first-order valence-corrected chi connectivity index (χ1v) is 9.49. The van der Waals surface area contributed by atoms with Crippen LogP contribution < -0.4 is 10.2 Å². The van der Waals surface area contributed by atoms with Crippen LogP contribution in [-0.4, -0.2) is 42.2 Å². The summed E-state index contributed by atoms with van der Waals surface area (Å²) < 4.78 is 32.3. The summed E-state index contributed by atoms with van der Waals surface area (Å²) in [6.07, 6.45) is 1.71. The standard InChI is InChI=1S/C19H16F2N4O2S/c20-13-2-3-14(21)15(9-13)23-18(26)16-11-28-19(24-16)12-1-4-17(22-10-12)25-5-7-27-8-6-25/h1-4,9-11H,5-8H2,(H,23,26). The Morgan fingerprint density at radius 2 is 2.00 bits per heavy atom. The highest BCUT2D eigenvalue weighted by atomic mass is 32.1. The van der Waals surface area contributed by atoms with Crippen LogP contribution in [0.15, 0.2) is 41.9 Å². The molecule has 4 rings (SSSR count). The molecule has 1 N–H and O–H groups in total. The van der Waals surface area contributed by atoms with Gasteiger partial charge in [0.15, 0.2) is 0 Å². The highest BCUT2D eigenvalue weighted by molar-refractivity contribution is 7.13. The largest absolute Gasteiger partial charge is 0.378 e. The molecule has 0 saturated carbocycles. The highest BCUT2D eigenvalue weighted by Gasteiger charge is 2.16. The number of aromatic nitrogens is 2. The Labute approximate surface area is 163 Å². The Hall–Kier alpha value is -2.91. The van der Waals surface area contributed by atoms with Gasteiger partial charge in [-0.1, -0.05) is 0 Å². The summed E-state index contributed by atoms with van der Waals surface area (Å²) in [6, 6.07) is 6.67. The van der Waals surface area contributed by atoms with Gasteiger partial charge in [-0.25, -0.2) is 18.7 Å². The SMILES string of the molecule is O=C(Nc1cc(F)ccc1F)c1csc(-c2ccc(N3CCOCC3)nc2)n1. The van der Waals surface area contributed by atoms with Crippen molar-refractivity contribution in [2.75, 3.05) is 36.5 Å². The Morgan fingerprint density at radius 1 is 1.18 bits per heavy atom. The number of thiazole rings is 1. The predicted octanol–water partition coefficient (Wildman–Crippen LogP) is 3.57. The zero-order chi connectivity index (χ0) is 19.5. The third kappa shape index (κ3) is 4.00. The molecular weight excluding hydrogens is 386 g/mol. The normalized spacial score (nSPS) is 14.1. The number of nitrogens with one attached hydrogen (secondary N) is 1. The lowest BCUT2D eigenvalue weighted by molar-refractivity contribution is 0.102. The number of carbonyl (C=O) groups is 1. The molecule has 0 radical (unpaired) electrons. The Morgan fingerprint density at radius 3 is 2.75 bits per heavy atom. The lowest BCUT2D eigenvalue weighted by Crippen LogP contribution is -2.36. The fourth-order valence-electron chi connectivity index (χ4n) is 2.78. The molecule has 144 valence electrons. The van der Waals surface area contributed by atoms with E-state index in [4.69, 9.17) is 4.74 Å². The van der Waals surface area contributed by atoms with Crippen LogP contribution in [0.25, 0.3) is 10.6 Å². The Kier molecular flexibility index (Phi) is 5.27. The quantitative estimate of drug-likeness (QED) is 0.723. The van der Waals surface area contributed by atoms with Gasteiger partial charge >= 0.3 is 0 Å². The summed E-state index contributed by atoms with van der Waals surface area (Å²) >= 11 is 1.28. The number of benzene rings is 1. The molecule has 6 nitrogen and oxygen atoms in total. The van der Waals surface area contributed by atoms with Crippen LogP contribution in [0.1, 0.15) is 10.5 Å². The maximum Gasteiger partial charge on any atom is 0.275 e. The first-order valence-electron chi connectivity index (χ1n) is 8.61. The van der Waals surface area contributed by atoms with Gasteiger partial charge in [0.25, 0.3) is 5.91 Å². The second-order valence-electron chi connectivity index (χ2n) is 6.12. The first kappa shape index (κ1) is 18.5. The highest BCUT2D eigenvalue weighted by Crippen LogP contribution is 2.25. The van der Waals surface area contributed by atoms with Gasteiger partial charge in [0.1, 0.15) is 28.2 Å². The van der Waals surface area contributed by atoms with Crippen molar-refractivity contribution in [2.45, 2.75) is 0 Å². The fourth-order valence-corrected chi connectivity index (χ4v) is 3.57. The number of hydrogen-bond acceptors (Lipinski definition) is 6. The van der Waals surface area contributed by atoms with Crippen molar-refractivity contribution in [1.29, 1.82) is 0 Å². The number of hydrogen-bond donors (Lipinski definition) is 1. The molecule has 1 aromatic carbocycles. The first-order chi connectivity index (χ1) is 13.6. The van der Waals surface area contributed by atoms with Crippen molar-refractivity contribution >= 4 is 28.7 Å². The molecule has 0 atom stereocenters. The molecule has 2 aromatic heterocycles. The molecular formula is C19H16F2N4O2S. The molecule has 1 fully saturated rings. The van der Waals surface area contributed by atoms with E-state index in [-0.39, 0.29) is 11.4 Å². The van der Waals surface area contributed by atoms with Crippen LogP contribution in [0.3, 0.4) is 0 Å². The zero-order valence-corrected chi connectivity index (χ0v) is 15.5.